The topological polar surface area (TPSA) is 91.2 Å². The van der Waals surface area contributed by atoms with Crippen molar-refractivity contribution in [2.75, 3.05) is 18.5 Å². The number of aryl methyl sites for hydroxylation is 2. The van der Waals surface area contributed by atoms with E-state index < -0.39 is 5.92 Å². The van der Waals surface area contributed by atoms with E-state index in [2.05, 4.69) is 20.3 Å². The molecule has 0 unspecified atom stereocenters. The second-order valence-corrected chi connectivity index (χ2v) is 8.54. The lowest BCUT2D eigenvalue weighted by Gasteiger charge is -2.14. The van der Waals surface area contributed by atoms with Crippen LogP contribution in [0.15, 0.2) is 42.5 Å². The maximum atomic E-state index is 13.5. The molecule has 0 radical (unpaired) electrons. The van der Waals surface area contributed by atoms with Gasteiger partial charge in [-0.15, -0.1) is 11.3 Å². The van der Waals surface area contributed by atoms with Crippen LogP contribution in [0, 0.1) is 19.7 Å². The van der Waals surface area contributed by atoms with Crippen LogP contribution in [-0.2, 0) is 6.54 Å². The third-order valence-corrected chi connectivity index (χ3v) is 6.07. The number of aliphatic hydroxyl groups is 2. The number of nitrogens with zero attached hydrogens (tertiary/aromatic N) is 3. The van der Waals surface area contributed by atoms with Gasteiger partial charge in [0.2, 0.25) is 0 Å². The zero-order valence-electron chi connectivity index (χ0n) is 17.3. The van der Waals surface area contributed by atoms with Gasteiger partial charge in [-0.05, 0) is 43.7 Å². The van der Waals surface area contributed by atoms with E-state index >= 15 is 0 Å². The third-order valence-electron chi connectivity index (χ3n) is 5.07. The van der Waals surface area contributed by atoms with Crippen molar-refractivity contribution in [2.24, 2.45) is 0 Å². The molecule has 3 aromatic heterocycles. The standard InChI is InChI=1S/C23H23FN4O2S/c1-13-4-3-5-18(26-13)10-25-22-20-19(15-6-8-17(24)9-7-15)14(2)31-23(20)28-21(27-22)16(11-29)12-30/h3-9,16,29-30H,10-12H2,1-2H3,(H,25,27,28). The number of benzene rings is 1. The molecule has 3 heterocycles. The fourth-order valence-corrected chi connectivity index (χ4v) is 4.55. The zero-order chi connectivity index (χ0) is 22.0. The van der Waals surface area contributed by atoms with Crippen molar-refractivity contribution in [3.8, 4) is 11.1 Å². The molecule has 3 N–H and O–H groups in total. The molecule has 0 aliphatic carbocycles. The lowest BCUT2D eigenvalue weighted by molar-refractivity contribution is 0.188. The van der Waals surface area contributed by atoms with Gasteiger partial charge in [0.25, 0.3) is 0 Å². The molecule has 0 saturated heterocycles. The first-order valence-corrected chi connectivity index (χ1v) is 10.8. The zero-order valence-corrected chi connectivity index (χ0v) is 18.1. The molecule has 0 aliphatic heterocycles. The van der Waals surface area contributed by atoms with Crippen LogP contribution in [0.4, 0.5) is 10.2 Å². The van der Waals surface area contributed by atoms with Gasteiger partial charge < -0.3 is 15.5 Å². The number of rotatable bonds is 7. The number of aliphatic hydroxyl groups excluding tert-OH is 2. The van der Waals surface area contributed by atoms with Crippen LogP contribution in [0.25, 0.3) is 21.3 Å². The molecule has 0 bridgehead atoms. The van der Waals surface area contributed by atoms with E-state index in [0.717, 1.165) is 37.6 Å². The summed E-state index contributed by atoms with van der Waals surface area (Å²) in [6.45, 7) is 3.87. The van der Waals surface area contributed by atoms with Gasteiger partial charge in [0.05, 0.1) is 36.8 Å². The van der Waals surface area contributed by atoms with Gasteiger partial charge in [0.15, 0.2) is 0 Å². The van der Waals surface area contributed by atoms with E-state index in [1.165, 1.54) is 23.5 Å². The molecule has 4 rings (SSSR count). The predicted molar refractivity (Wildman–Crippen MR) is 121 cm³/mol. The average Bonchev–Trinajstić information content (AvgIpc) is 3.09. The number of fused-ring (bicyclic) bond motifs is 1. The van der Waals surface area contributed by atoms with Gasteiger partial charge in [-0.25, -0.2) is 14.4 Å². The molecule has 1 aromatic carbocycles. The van der Waals surface area contributed by atoms with E-state index in [1.807, 2.05) is 32.0 Å². The summed E-state index contributed by atoms with van der Waals surface area (Å²) in [6.07, 6.45) is 0. The van der Waals surface area contributed by atoms with Crippen LogP contribution in [0.3, 0.4) is 0 Å². The lowest BCUT2D eigenvalue weighted by Crippen LogP contribution is -2.14. The van der Waals surface area contributed by atoms with Crippen molar-refractivity contribution in [3.63, 3.8) is 0 Å². The molecular formula is C23H23FN4O2S. The molecule has 31 heavy (non-hydrogen) atoms. The number of thiophene rings is 1. The highest BCUT2D eigenvalue weighted by atomic mass is 32.1. The van der Waals surface area contributed by atoms with Crippen molar-refractivity contribution < 1.29 is 14.6 Å². The smallest absolute Gasteiger partial charge is 0.140 e. The first-order valence-electron chi connectivity index (χ1n) is 9.95. The molecular weight excluding hydrogens is 415 g/mol. The Kier molecular flexibility index (Phi) is 6.22. The number of aromatic nitrogens is 3. The minimum atomic E-state index is -0.571. The van der Waals surface area contributed by atoms with Crippen molar-refractivity contribution in [1.29, 1.82) is 0 Å². The summed E-state index contributed by atoms with van der Waals surface area (Å²) >= 11 is 1.50. The van der Waals surface area contributed by atoms with E-state index in [1.54, 1.807) is 12.1 Å². The molecule has 4 aromatic rings. The number of nitrogens with one attached hydrogen (secondary N) is 1. The minimum Gasteiger partial charge on any atom is -0.396 e. The molecule has 160 valence electrons. The van der Waals surface area contributed by atoms with Gasteiger partial charge in [-0.3, -0.25) is 4.98 Å². The molecule has 0 atom stereocenters. The van der Waals surface area contributed by atoms with Crippen LogP contribution < -0.4 is 5.32 Å². The lowest BCUT2D eigenvalue weighted by atomic mass is 10.0. The summed E-state index contributed by atoms with van der Waals surface area (Å²) in [7, 11) is 0. The summed E-state index contributed by atoms with van der Waals surface area (Å²) in [5.41, 5.74) is 3.60. The van der Waals surface area contributed by atoms with Crippen LogP contribution in [0.2, 0.25) is 0 Å². The quantitative estimate of drug-likeness (QED) is 0.401. The highest BCUT2D eigenvalue weighted by Crippen LogP contribution is 2.41. The fraction of sp³-hybridized carbons (Fsp3) is 0.261. The number of halogens is 1. The van der Waals surface area contributed by atoms with Gasteiger partial charge in [-0.2, -0.15) is 0 Å². The molecule has 0 aliphatic rings. The maximum absolute atomic E-state index is 13.5. The maximum Gasteiger partial charge on any atom is 0.140 e. The highest BCUT2D eigenvalue weighted by molar-refractivity contribution is 7.19. The third kappa shape index (κ3) is 4.41. The molecule has 8 heteroatoms. The number of anilines is 1. The summed E-state index contributed by atoms with van der Waals surface area (Å²) in [5, 5.41) is 23.5. The first-order chi connectivity index (χ1) is 15.0. The van der Waals surface area contributed by atoms with Crippen molar-refractivity contribution in [2.45, 2.75) is 26.3 Å². The SMILES string of the molecule is Cc1cccc(CNc2nc(C(CO)CO)nc3sc(C)c(-c4ccc(F)cc4)c23)n1. The normalized spacial score (nSPS) is 11.4. The average molecular weight is 439 g/mol. The molecule has 0 saturated carbocycles. The molecule has 0 spiro atoms. The Hall–Kier alpha value is -2.94. The van der Waals surface area contributed by atoms with Gasteiger partial charge >= 0.3 is 0 Å². The summed E-state index contributed by atoms with van der Waals surface area (Å²) in [6, 6.07) is 12.2. The first kappa shape index (κ1) is 21.3. The van der Waals surface area contributed by atoms with Crippen molar-refractivity contribution in [1.82, 2.24) is 15.0 Å². The Morgan fingerprint density at radius 3 is 2.42 bits per heavy atom. The summed E-state index contributed by atoms with van der Waals surface area (Å²) in [5.74, 6) is 0.110. The second kappa shape index (κ2) is 9.05. The summed E-state index contributed by atoms with van der Waals surface area (Å²) < 4.78 is 13.5. The number of hydrogen-bond acceptors (Lipinski definition) is 7. The van der Waals surface area contributed by atoms with E-state index in [-0.39, 0.29) is 19.0 Å². The largest absolute Gasteiger partial charge is 0.396 e. The minimum absolute atomic E-state index is 0.254. The Morgan fingerprint density at radius 1 is 1.00 bits per heavy atom. The van der Waals surface area contributed by atoms with Crippen LogP contribution in [-0.4, -0.2) is 38.4 Å². The van der Waals surface area contributed by atoms with Gasteiger partial charge in [-0.1, -0.05) is 18.2 Å². The van der Waals surface area contributed by atoms with Crippen LogP contribution in [0.5, 0.6) is 0 Å². The van der Waals surface area contributed by atoms with Crippen molar-refractivity contribution in [3.05, 3.63) is 70.4 Å². The molecule has 0 amide bonds. The van der Waals surface area contributed by atoms with Gasteiger partial charge in [0, 0.05) is 16.1 Å². The second-order valence-electron chi connectivity index (χ2n) is 7.34. The predicted octanol–water partition coefficient (Wildman–Crippen LogP) is 4.19. The van der Waals surface area contributed by atoms with E-state index in [4.69, 9.17) is 0 Å². The van der Waals surface area contributed by atoms with Gasteiger partial charge in [0.1, 0.15) is 22.3 Å². The van der Waals surface area contributed by atoms with Crippen molar-refractivity contribution >= 4 is 27.4 Å². The number of pyridine rings is 1. The monoisotopic (exact) mass is 438 g/mol. The van der Waals surface area contributed by atoms with Crippen LogP contribution in [0.1, 0.15) is 28.0 Å². The number of hydrogen-bond donors (Lipinski definition) is 3. The summed E-state index contributed by atoms with van der Waals surface area (Å²) in [4.78, 5) is 15.6. The Labute approximate surface area is 183 Å². The Morgan fingerprint density at radius 2 is 1.74 bits per heavy atom. The molecule has 0 fully saturated rings. The van der Waals surface area contributed by atoms with E-state index in [9.17, 15) is 14.6 Å². The fourth-order valence-electron chi connectivity index (χ4n) is 3.50. The van der Waals surface area contributed by atoms with Crippen LogP contribution >= 0.6 is 11.3 Å². The van der Waals surface area contributed by atoms with E-state index in [0.29, 0.717) is 18.2 Å². The Bertz CT molecular complexity index is 1210. The highest BCUT2D eigenvalue weighted by Gasteiger charge is 2.22. The Balaban J connectivity index is 1.85. The molecule has 6 nitrogen and oxygen atoms in total.